The second-order valence-corrected chi connectivity index (χ2v) is 6.63. The van der Waals surface area contributed by atoms with Crippen molar-refractivity contribution in [2.75, 3.05) is 12.1 Å². The van der Waals surface area contributed by atoms with E-state index in [0.29, 0.717) is 22.1 Å². The van der Waals surface area contributed by atoms with E-state index in [4.69, 9.17) is 16.3 Å². The lowest BCUT2D eigenvalue weighted by atomic mass is 10.0. The van der Waals surface area contributed by atoms with Crippen LogP contribution in [0.2, 0.25) is 5.02 Å². The van der Waals surface area contributed by atoms with Crippen molar-refractivity contribution < 1.29 is 9.53 Å². The highest BCUT2D eigenvalue weighted by molar-refractivity contribution is 6.37. The van der Waals surface area contributed by atoms with Crippen LogP contribution in [0.25, 0.3) is 6.08 Å². The van der Waals surface area contributed by atoms with Gasteiger partial charge >= 0.3 is 0 Å². The third-order valence-corrected chi connectivity index (χ3v) is 4.71. The molecule has 0 aromatic heterocycles. The van der Waals surface area contributed by atoms with Crippen LogP contribution < -0.4 is 9.75 Å². The first-order valence-electron chi connectivity index (χ1n) is 8.76. The molecule has 1 aliphatic rings. The molecular weight excluding hydrogens is 372 g/mol. The lowest BCUT2D eigenvalue weighted by Crippen LogP contribution is -2.21. The van der Waals surface area contributed by atoms with Crippen LogP contribution in [0.3, 0.4) is 0 Å². The van der Waals surface area contributed by atoms with Gasteiger partial charge in [0.2, 0.25) is 0 Å². The van der Waals surface area contributed by atoms with E-state index >= 15 is 0 Å². The standard InChI is InChI=1S/C23H17ClN2O2/c1-28-21-13-12-16(15-20(21)24)14-19-22(17-8-4-2-5-9-17)25-26(23(19)27)18-10-6-3-7-11-18/h2-15H,1H3/b19-14-. The number of carbonyl (C=O) groups excluding carboxylic acids is 1. The van der Waals surface area contributed by atoms with Crippen LogP contribution in [0.5, 0.6) is 5.75 Å². The molecule has 4 nitrogen and oxygen atoms in total. The minimum absolute atomic E-state index is 0.183. The fourth-order valence-corrected chi connectivity index (χ4v) is 3.30. The highest BCUT2D eigenvalue weighted by Crippen LogP contribution is 2.30. The lowest BCUT2D eigenvalue weighted by molar-refractivity contribution is -0.114. The number of methoxy groups -OCH3 is 1. The SMILES string of the molecule is COc1ccc(/C=C2\C(=O)N(c3ccccc3)N=C2c2ccccc2)cc1Cl. The van der Waals surface area contributed by atoms with Gasteiger partial charge in [0.15, 0.2) is 0 Å². The van der Waals surface area contributed by atoms with Crippen LogP contribution in [-0.2, 0) is 4.79 Å². The van der Waals surface area contributed by atoms with E-state index < -0.39 is 0 Å². The molecular formula is C23H17ClN2O2. The monoisotopic (exact) mass is 388 g/mol. The zero-order chi connectivity index (χ0) is 19.5. The molecule has 0 aliphatic carbocycles. The normalized spacial score (nSPS) is 15.1. The summed E-state index contributed by atoms with van der Waals surface area (Å²) >= 11 is 6.25. The van der Waals surface area contributed by atoms with Crippen molar-refractivity contribution in [3.05, 3.63) is 101 Å². The molecule has 3 aromatic carbocycles. The van der Waals surface area contributed by atoms with Crippen molar-refractivity contribution >= 4 is 35.0 Å². The van der Waals surface area contributed by atoms with Crippen LogP contribution in [0.1, 0.15) is 11.1 Å². The van der Waals surface area contributed by atoms with Gasteiger partial charge in [-0.3, -0.25) is 4.79 Å². The molecule has 0 atom stereocenters. The molecule has 138 valence electrons. The van der Waals surface area contributed by atoms with Crippen molar-refractivity contribution in [3.8, 4) is 5.75 Å². The molecule has 0 bridgehead atoms. The minimum atomic E-state index is -0.183. The first-order chi connectivity index (χ1) is 13.7. The van der Waals surface area contributed by atoms with E-state index in [9.17, 15) is 4.79 Å². The average molecular weight is 389 g/mol. The molecule has 3 aromatic rings. The largest absolute Gasteiger partial charge is 0.495 e. The smallest absolute Gasteiger partial charge is 0.281 e. The fourth-order valence-electron chi connectivity index (χ4n) is 3.04. The number of carbonyl (C=O) groups is 1. The predicted molar refractivity (Wildman–Crippen MR) is 113 cm³/mol. The van der Waals surface area contributed by atoms with Crippen molar-refractivity contribution in [1.29, 1.82) is 0 Å². The molecule has 0 unspecified atom stereocenters. The predicted octanol–water partition coefficient (Wildman–Crippen LogP) is 5.18. The molecule has 5 heteroatoms. The Hall–Kier alpha value is -3.37. The molecule has 0 saturated carbocycles. The lowest BCUT2D eigenvalue weighted by Gasteiger charge is -2.11. The molecule has 1 aliphatic heterocycles. The summed E-state index contributed by atoms with van der Waals surface area (Å²) in [5.74, 6) is 0.404. The molecule has 1 amide bonds. The van der Waals surface area contributed by atoms with Crippen LogP contribution in [0, 0.1) is 0 Å². The van der Waals surface area contributed by atoms with E-state index in [0.717, 1.165) is 16.8 Å². The van der Waals surface area contributed by atoms with Gasteiger partial charge in [-0.2, -0.15) is 10.1 Å². The maximum atomic E-state index is 13.2. The second-order valence-electron chi connectivity index (χ2n) is 6.22. The van der Waals surface area contributed by atoms with E-state index in [1.165, 1.54) is 5.01 Å². The van der Waals surface area contributed by atoms with Gasteiger partial charge < -0.3 is 4.74 Å². The molecule has 0 radical (unpaired) electrons. The second kappa shape index (κ2) is 7.71. The quantitative estimate of drug-likeness (QED) is 0.577. The molecule has 4 rings (SSSR count). The van der Waals surface area contributed by atoms with Crippen molar-refractivity contribution in [2.45, 2.75) is 0 Å². The van der Waals surface area contributed by atoms with Crippen molar-refractivity contribution in [2.24, 2.45) is 5.10 Å². The Kier molecular flexibility index (Phi) is 4.96. The number of anilines is 1. The summed E-state index contributed by atoms with van der Waals surface area (Å²) < 4.78 is 5.20. The molecule has 1 heterocycles. The number of para-hydroxylation sites is 1. The van der Waals surface area contributed by atoms with Gasteiger partial charge in [-0.05, 0) is 35.9 Å². The van der Waals surface area contributed by atoms with E-state index in [1.54, 1.807) is 19.2 Å². The number of halogens is 1. The molecule has 0 N–H and O–H groups in total. The number of hydrazone groups is 1. The van der Waals surface area contributed by atoms with E-state index in [-0.39, 0.29) is 5.91 Å². The van der Waals surface area contributed by atoms with Crippen molar-refractivity contribution in [3.63, 3.8) is 0 Å². The summed E-state index contributed by atoms with van der Waals surface area (Å²) in [5.41, 5.74) is 3.53. The number of rotatable bonds is 4. The van der Waals surface area contributed by atoms with Gasteiger partial charge in [-0.1, -0.05) is 66.2 Å². The first kappa shape index (κ1) is 18.0. The van der Waals surface area contributed by atoms with E-state index in [2.05, 4.69) is 5.10 Å². The minimum Gasteiger partial charge on any atom is -0.495 e. The Labute approximate surface area is 168 Å². The number of hydrogen-bond donors (Lipinski definition) is 0. The number of ether oxygens (including phenoxy) is 1. The molecule has 28 heavy (non-hydrogen) atoms. The summed E-state index contributed by atoms with van der Waals surface area (Å²) in [6.07, 6.45) is 1.81. The molecule has 0 fully saturated rings. The summed E-state index contributed by atoms with van der Waals surface area (Å²) in [6, 6.07) is 24.5. The Bertz CT molecular complexity index is 1080. The summed E-state index contributed by atoms with van der Waals surface area (Å²) in [7, 11) is 1.57. The Morgan fingerprint density at radius 3 is 2.29 bits per heavy atom. The van der Waals surface area contributed by atoms with Crippen LogP contribution >= 0.6 is 11.6 Å². The third kappa shape index (κ3) is 3.42. The number of amides is 1. The first-order valence-corrected chi connectivity index (χ1v) is 9.14. The van der Waals surface area contributed by atoms with Gasteiger partial charge in [0.1, 0.15) is 11.5 Å². The van der Waals surface area contributed by atoms with Gasteiger partial charge in [0, 0.05) is 5.56 Å². The van der Waals surface area contributed by atoms with Crippen LogP contribution in [0.15, 0.2) is 89.5 Å². The number of benzene rings is 3. The zero-order valence-electron chi connectivity index (χ0n) is 15.2. The highest BCUT2D eigenvalue weighted by Gasteiger charge is 2.31. The summed E-state index contributed by atoms with van der Waals surface area (Å²) in [6.45, 7) is 0. The Morgan fingerprint density at radius 1 is 0.964 bits per heavy atom. The Morgan fingerprint density at radius 2 is 1.64 bits per heavy atom. The van der Waals surface area contributed by atoms with Gasteiger partial charge in [0.25, 0.3) is 5.91 Å². The van der Waals surface area contributed by atoms with Crippen molar-refractivity contribution in [1.82, 2.24) is 0 Å². The van der Waals surface area contributed by atoms with Gasteiger partial charge in [-0.15, -0.1) is 0 Å². The fraction of sp³-hybridized carbons (Fsp3) is 0.0435. The number of hydrogen-bond acceptors (Lipinski definition) is 3. The van der Waals surface area contributed by atoms with Crippen LogP contribution in [0.4, 0.5) is 5.69 Å². The van der Waals surface area contributed by atoms with Crippen LogP contribution in [-0.4, -0.2) is 18.7 Å². The zero-order valence-corrected chi connectivity index (χ0v) is 15.9. The molecule has 0 spiro atoms. The maximum Gasteiger partial charge on any atom is 0.281 e. The number of nitrogens with zero attached hydrogens (tertiary/aromatic N) is 2. The van der Waals surface area contributed by atoms with Gasteiger partial charge in [0.05, 0.1) is 23.4 Å². The average Bonchev–Trinajstić information content (AvgIpc) is 3.06. The highest BCUT2D eigenvalue weighted by atomic mass is 35.5. The summed E-state index contributed by atoms with van der Waals surface area (Å²) in [4.78, 5) is 13.2. The van der Waals surface area contributed by atoms with Gasteiger partial charge in [-0.25, -0.2) is 0 Å². The van der Waals surface area contributed by atoms with E-state index in [1.807, 2.05) is 72.8 Å². The molecule has 0 saturated heterocycles. The third-order valence-electron chi connectivity index (χ3n) is 4.41. The topological polar surface area (TPSA) is 41.9 Å². The Balaban J connectivity index is 1.81. The summed E-state index contributed by atoms with van der Waals surface area (Å²) in [5, 5.41) is 6.53. The maximum absolute atomic E-state index is 13.2.